The minimum absolute atomic E-state index is 0.0765. The van der Waals surface area contributed by atoms with Crippen LogP contribution < -0.4 is 9.79 Å². The third-order valence-electron chi connectivity index (χ3n) is 0.998. The zero-order chi connectivity index (χ0) is 10.5. The highest BCUT2D eigenvalue weighted by Gasteiger charge is 2.17. The van der Waals surface area contributed by atoms with Crippen LogP contribution in [0.2, 0.25) is 0 Å². The lowest BCUT2D eigenvalue weighted by Crippen LogP contribution is -2.15. The summed E-state index contributed by atoms with van der Waals surface area (Å²) in [5.74, 6) is -1.08. The summed E-state index contributed by atoms with van der Waals surface area (Å²) in [6.45, 7) is 2.77. The van der Waals surface area contributed by atoms with Crippen LogP contribution in [0.5, 0.6) is 0 Å². The van der Waals surface area contributed by atoms with Crippen LogP contribution >= 0.6 is 15.2 Å². The van der Waals surface area contributed by atoms with Gasteiger partial charge in [-0.1, -0.05) is 0 Å². The van der Waals surface area contributed by atoms with Gasteiger partial charge in [-0.3, -0.25) is 0 Å². The lowest BCUT2D eigenvalue weighted by atomic mass is 10.9. The van der Waals surface area contributed by atoms with E-state index in [1.54, 1.807) is 0 Å². The molecular weight excluding hydrogens is 218 g/mol. The maximum absolute atomic E-state index is 10.9. The first-order valence-electron chi connectivity index (χ1n) is 3.72. The van der Waals surface area contributed by atoms with Crippen LogP contribution in [0.1, 0.15) is 13.8 Å². The Bertz CT molecular complexity index is 215. The Morgan fingerprint density at radius 1 is 1.00 bits per heavy atom. The average Bonchev–Trinajstić information content (AvgIpc) is 1.82. The molecule has 0 saturated carbocycles. The van der Waals surface area contributed by atoms with Gasteiger partial charge in [-0.2, -0.15) is 0 Å². The predicted molar refractivity (Wildman–Crippen MR) is 43.3 cm³/mol. The molecular formula is C5H12O6P2-2. The summed E-state index contributed by atoms with van der Waals surface area (Å²) >= 11 is 0. The normalized spacial score (nSPS) is 20.6. The molecule has 2 atom stereocenters. The first kappa shape index (κ1) is 13.3. The molecule has 0 bridgehead atoms. The van der Waals surface area contributed by atoms with E-state index >= 15 is 0 Å². The quantitative estimate of drug-likeness (QED) is 0.601. The molecule has 80 valence electrons. The Morgan fingerprint density at radius 3 is 1.54 bits per heavy atom. The monoisotopic (exact) mass is 230 g/mol. The molecule has 0 aromatic carbocycles. The lowest BCUT2D eigenvalue weighted by Gasteiger charge is -2.30. The second-order valence-corrected chi connectivity index (χ2v) is 6.29. The molecule has 0 N–H and O–H groups in total. The van der Waals surface area contributed by atoms with E-state index in [-0.39, 0.29) is 13.2 Å². The van der Waals surface area contributed by atoms with Crippen LogP contribution in [-0.2, 0) is 18.2 Å². The zero-order valence-electron chi connectivity index (χ0n) is 7.47. The van der Waals surface area contributed by atoms with Crippen LogP contribution in [0, 0.1) is 0 Å². The summed E-state index contributed by atoms with van der Waals surface area (Å²) in [5, 5.41) is 0. The fourth-order valence-corrected chi connectivity index (χ4v) is 3.82. The minimum Gasteiger partial charge on any atom is -0.778 e. The Kier molecular flexibility index (Phi) is 5.37. The molecule has 0 aliphatic heterocycles. The smallest absolute Gasteiger partial charge is 0.143 e. The largest absolute Gasteiger partial charge is 0.778 e. The number of hydrogen-bond donors (Lipinski definition) is 0. The van der Waals surface area contributed by atoms with Gasteiger partial charge < -0.3 is 28.0 Å². The van der Waals surface area contributed by atoms with Crippen LogP contribution in [0.25, 0.3) is 0 Å². The SMILES string of the molecule is CCOP(=O)([O-])CP(=O)([O-])OCC. The standard InChI is InChI=1S/C5H14O6P2/c1-3-10-12(6,7)5-13(8,9)11-4-2/h3-5H2,1-2H3,(H,6,7)(H,8,9)/p-2. The van der Waals surface area contributed by atoms with Crippen molar-refractivity contribution in [3.05, 3.63) is 0 Å². The molecule has 0 aromatic heterocycles. The molecule has 8 heteroatoms. The predicted octanol–water partition coefficient (Wildman–Crippen LogP) is 0.124. The van der Waals surface area contributed by atoms with Gasteiger partial charge in [0.05, 0.1) is 19.1 Å². The second-order valence-electron chi connectivity index (χ2n) is 2.20. The van der Waals surface area contributed by atoms with Crippen molar-refractivity contribution in [3.63, 3.8) is 0 Å². The van der Waals surface area contributed by atoms with E-state index in [0.29, 0.717) is 0 Å². The van der Waals surface area contributed by atoms with E-state index in [0.717, 1.165) is 0 Å². The van der Waals surface area contributed by atoms with E-state index in [9.17, 15) is 18.9 Å². The molecule has 0 aromatic rings. The molecule has 0 fully saturated rings. The van der Waals surface area contributed by atoms with Crippen LogP contribution in [0.4, 0.5) is 0 Å². The molecule has 0 amide bonds. The average molecular weight is 230 g/mol. The topological polar surface area (TPSA) is 98.7 Å². The van der Waals surface area contributed by atoms with E-state index < -0.39 is 21.1 Å². The highest BCUT2D eigenvalue weighted by Crippen LogP contribution is 2.52. The molecule has 0 radical (unpaired) electrons. The fourth-order valence-electron chi connectivity index (χ4n) is 0.687. The van der Waals surface area contributed by atoms with Gasteiger partial charge in [0.15, 0.2) is 0 Å². The van der Waals surface area contributed by atoms with Gasteiger partial charge in [-0.25, -0.2) is 0 Å². The van der Waals surface area contributed by atoms with E-state index in [1.165, 1.54) is 13.8 Å². The summed E-state index contributed by atoms with van der Waals surface area (Å²) in [6.07, 6.45) is 0. The van der Waals surface area contributed by atoms with Gasteiger partial charge in [0, 0.05) is 0 Å². The van der Waals surface area contributed by atoms with Crippen LogP contribution in [0.3, 0.4) is 0 Å². The molecule has 0 rings (SSSR count). The van der Waals surface area contributed by atoms with Crippen molar-refractivity contribution in [2.24, 2.45) is 0 Å². The first-order chi connectivity index (χ1) is 5.83. The summed E-state index contributed by atoms with van der Waals surface area (Å²) in [5.41, 5.74) is 0. The summed E-state index contributed by atoms with van der Waals surface area (Å²) in [7, 11) is -8.59. The number of rotatable bonds is 6. The molecule has 0 spiro atoms. The highest BCUT2D eigenvalue weighted by atomic mass is 31.2. The van der Waals surface area contributed by atoms with Crippen LogP contribution in [0.15, 0.2) is 0 Å². The third-order valence-corrected chi connectivity index (χ3v) is 5.07. The van der Waals surface area contributed by atoms with Crippen molar-refractivity contribution in [2.45, 2.75) is 13.8 Å². The maximum Gasteiger partial charge on any atom is 0.143 e. The van der Waals surface area contributed by atoms with Gasteiger partial charge in [0.25, 0.3) is 0 Å². The molecule has 0 heterocycles. The van der Waals surface area contributed by atoms with Gasteiger partial charge in [0.2, 0.25) is 0 Å². The van der Waals surface area contributed by atoms with Gasteiger partial charge in [-0.05, 0) is 13.8 Å². The zero-order valence-corrected chi connectivity index (χ0v) is 9.25. The number of hydrogen-bond acceptors (Lipinski definition) is 6. The second kappa shape index (κ2) is 5.25. The highest BCUT2D eigenvalue weighted by molar-refractivity contribution is 7.69. The van der Waals surface area contributed by atoms with Crippen molar-refractivity contribution >= 4 is 15.2 Å². The van der Waals surface area contributed by atoms with Crippen molar-refractivity contribution in [1.29, 1.82) is 0 Å². The van der Waals surface area contributed by atoms with Gasteiger partial charge in [0.1, 0.15) is 15.2 Å². The molecule has 13 heavy (non-hydrogen) atoms. The fraction of sp³-hybridized carbons (Fsp3) is 1.00. The van der Waals surface area contributed by atoms with E-state index in [4.69, 9.17) is 0 Å². The Balaban J connectivity index is 4.25. The van der Waals surface area contributed by atoms with Crippen molar-refractivity contribution in [1.82, 2.24) is 0 Å². The summed E-state index contributed by atoms with van der Waals surface area (Å²) in [4.78, 5) is 21.7. The van der Waals surface area contributed by atoms with Gasteiger partial charge in [-0.15, -0.1) is 0 Å². The molecule has 0 aliphatic carbocycles. The van der Waals surface area contributed by atoms with Gasteiger partial charge >= 0.3 is 0 Å². The molecule has 2 unspecified atom stereocenters. The lowest BCUT2D eigenvalue weighted by molar-refractivity contribution is -0.207. The Morgan fingerprint density at radius 2 is 1.31 bits per heavy atom. The third kappa shape index (κ3) is 6.38. The molecule has 6 nitrogen and oxygen atoms in total. The minimum atomic E-state index is -4.29. The summed E-state index contributed by atoms with van der Waals surface area (Å²) in [6, 6.07) is 0. The summed E-state index contributed by atoms with van der Waals surface area (Å²) < 4.78 is 30.3. The van der Waals surface area contributed by atoms with Crippen molar-refractivity contribution < 1.29 is 28.0 Å². The van der Waals surface area contributed by atoms with Crippen LogP contribution in [-0.4, -0.2) is 19.1 Å². The Hall–Kier alpha value is 0.300. The molecule has 0 aliphatic rings. The first-order valence-corrected chi connectivity index (χ1v) is 7.18. The Labute approximate surface area is 76.9 Å². The van der Waals surface area contributed by atoms with Crippen molar-refractivity contribution in [2.75, 3.05) is 19.1 Å². The molecule has 0 saturated heterocycles. The van der Waals surface area contributed by atoms with E-state index in [2.05, 4.69) is 9.05 Å². The van der Waals surface area contributed by atoms with E-state index in [1.807, 2.05) is 0 Å². The van der Waals surface area contributed by atoms with Crippen molar-refractivity contribution in [3.8, 4) is 0 Å². The maximum atomic E-state index is 10.9.